The number of hydrogen-bond acceptors (Lipinski definition) is 9. The highest BCUT2D eigenvalue weighted by Crippen LogP contribution is 2.28. The van der Waals surface area contributed by atoms with Gasteiger partial charge in [0.25, 0.3) is 5.91 Å². The first-order chi connectivity index (χ1) is 21.2. The number of hydrogen-bond donors (Lipinski definition) is 1. The van der Waals surface area contributed by atoms with Crippen LogP contribution in [0.25, 0.3) is 11.4 Å². The Bertz CT molecular complexity index is 1540. The molecule has 4 rings (SSSR count). The molecule has 13 heteroatoms. The van der Waals surface area contributed by atoms with E-state index in [1.54, 1.807) is 45.7 Å². The molecule has 1 aromatic heterocycles. The Morgan fingerprint density at radius 1 is 1.07 bits per heavy atom. The van der Waals surface area contributed by atoms with Gasteiger partial charge in [0, 0.05) is 57.9 Å². The summed E-state index contributed by atoms with van der Waals surface area (Å²) < 4.78 is 24.4. The summed E-state index contributed by atoms with van der Waals surface area (Å²) in [4.78, 5) is 46.9. The number of amides is 3. The minimum absolute atomic E-state index is 0.111. The normalized spacial score (nSPS) is 12.9. The van der Waals surface area contributed by atoms with E-state index in [-0.39, 0.29) is 43.8 Å². The molecule has 0 atom stereocenters. The second-order valence-electron chi connectivity index (χ2n) is 12.1. The summed E-state index contributed by atoms with van der Waals surface area (Å²) >= 11 is 0. The van der Waals surface area contributed by atoms with Gasteiger partial charge in [0.15, 0.2) is 0 Å². The van der Waals surface area contributed by atoms with Crippen molar-refractivity contribution >= 4 is 23.6 Å². The summed E-state index contributed by atoms with van der Waals surface area (Å²) in [6, 6.07) is 10.2. The number of carbonyl (C=O) groups is 3. The van der Waals surface area contributed by atoms with Crippen LogP contribution in [0, 0.1) is 19.7 Å². The Morgan fingerprint density at radius 3 is 2.47 bits per heavy atom. The molecule has 45 heavy (non-hydrogen) atoms. The Hall–Kier alpha value is -4.52. The van der Waals surface area contributed by atoms with Gasteiger partial charge in [0.05, 0.1) is 13.1 Å². The van der Waals surface area contributed by atoms with Crippen LogP contribution in [0.1, 0.15) is 50.3 Å². The van der Waals surface area contributed by atoms with Crippen molar-refractivity contribution in [3.05, 3.63) is 64.8 Å². The van der Waals surface area contributed by atoms with Crippen LogP contribution in [0.3, 0.4) is 0 Å². The van der Waals surface area contributed by atoms with Crippen LogP contribution in [0.15, 0.2) is 40.9 Å². The average Bonchev–Trinajstić information content (AvgIpc) is 3.59. The quantitative estimate of drug-likeness (QED) is 0.337. The molecule has 242 valence electrons. The van der Waals surface area contributed by atoms with Crippen LogP contribution in [-0.2, 0) is 27.4 Å². The zero-order chi connectivity index (χ0) is 32.9. The molecule has 1 N–H and O–H groups in total. The van der Waals surface area contributed by atoms with E-state index < -0.39 is 11.7 Å². The van der Waals surface area contributed by atoms with Crippen molar-refractivity contribution in [3.63, 3.8) is 0 Å². The van der Waals surface area contributed by atoms with E-state index in [9.17, 15) is 18.8 Å². The fourth-order valence-electron chi connectivity index (χ4n) is 4.98. The zero-order valence-corrected chi connectivity index (χ0v) is 27.0. The highest BCUT2D eigenvalue weighted by molar-refractivity contribution is 5.87. The van der Waals surface area contributed by atoms with Crippen LogP contribution in [0.5, 0.6) is 0 Å². The van der Waals surface area contributed by atoms with Gasteiger partial charge >= 0.3 is 6.09 Å². The van der Waals surface area contributed by atoms with E-state index in [1.165, 1.54) is 22.0 Å². The van der Waals surface area contributed by atoms with Gasteiger partial charge in [-0.1, -0.05) is 23.4 Å². The van der Waals surface area contributed by atoms with Crippen LogP contribution in [0.2, 0.25) is 0 Å². The largest absolute Gasteiger partial charge is 0.444 e. The Morgan fingerprint density at radius 2 is 1.80 bits per heavy atom. The number of aromatic nitrogens is 2. The minimum atomic E-state index is -0.630. The first-order valence-corrected chi connectivity index (χ1v) is 14.9. The van der Waals surface area contributed by atoms with Gasteiger partial charge in [-0.05, 0) is 69.5 Å². The lowest BCUT2D eigenvalue weighted by Gasteiger charge is -2.32. The molecular formula is C32H42FN7O5. The predicted octanol–water partition coefficient (Wildman–Crippen LogP) is 4.06. The number of carbonyl (C=O) groups excluding carboxylic acids is 3. The summed E-state index contributed by atoms with van der Waals surface area (Å²) in [6.07, 6.45) is -0.453. The van der Waals surface area contributed by atoms with Crippen molar-refractivity contribution in [1.82, 2.24) is 30.4 Å². The number of nitrogens with one attached hydrogen (secondary N) is 1. The van der Waals surface area contributed by atoms with Gasteiger partial charge in [-0.2, -0.15) is 4.98 Å². The Balaban J connectivity index is 1.49. The van der Waals surface area contributed by atoms with Crippen LogP contribution in [-0.4, -0.2) is 88.3 Å². The van der Waals surface area contributed by atoms with Crippen molar-refractivity contribution in [1.29, 1.82) is 0 Å². The summed E-state index contributed by atoms with van der Waals surface area (Å²) in [5, 5.41) is 10.2. The van der Waals surface area contributed by atoms with Gasteiger partial charge in [-0.3, -0.25) is 14.6 Å². The van der Waals surface area contributed by atoms with Gasteiger partial charge in [0.2, 0.25) is 17.6 Å². The minimum Gasteiger partial charge on any atom is -0.444 e. The first-order valence-electron chi connectivity index (χ1n) is 14.9. The second-order valence-corrected chi connectivity index (χ2v) is 12.1. The highest BCUT2D eigenvalue weighted by atomic mass is 19.1. The van der Waals surface area contributed by atoms with Crippen molar-refractivity contribution in [2.75, 3.05) is 44.7 Å². The number of nitrogens with zero attached hydrogens (tertiary/aromatic N) is 6. The van der Waals surface area contributed by atoms with E-state index in [1.807, 2.05) is 37.1 Å². The zero-order valence-electron chi connectivity index (χ0n) is 27.0. The van der Waals surface area contributed by atoms with Gasteiger partial charge in [-0.15, -0.1) is 0 Å². The van der Waals surface area contributed by atoms with E-state index >= 15 is 0 Å². The number of hydrazine groups is 1. The Kier molecular flexibility index (Phi) is 10.4. The molecule has 0 aliphatic carbocycles. The second kappa shape index (κ2) is 14.1. The number of benzene rings is 2. The van der Waals surface area contributed by atoms with Crippen molar-refractivity contribution in [3.8, 4) is 11.4 Å². The molecule has 0 bridgehead atoms. The molecule has 1 aliphatic heterocycles. The number of anilines is 1. The standard InChI is InChI=1S/C32H42FN7O5/c1-8-38(31(43)44-32(4,5)6)14-13-34-28(41)19-39(27-16-23(10-9-21(27)2)30-35-22(3)45-36-30)20-29(42)37(7)40-17-24-11-12-26(33)15-25(24)18-40/h9-12,15-16H,8,13-14,17-20H2,1-7H3,(H,34,41). The Labute approximate surface area is 263 Å². The molecule has 0 saturated carbocycles. The monoisotopic (exact) mass is 623 g/mol. The topological polar surface area (TPSA) is 124 Å². The van der Waals surface area contributed by atoms with Crippen molar-refractivity contribution < 1.29 is 28.0 Å². The third-order valence-corrected chi connectivity index (χ3v) is 7.39. The van der Waals surface area contributed by atoms with Gasteiger partial charge < -0.3 is 24.4 Å². The van der Waals surface area contributed by atoms with E-state index in [0.717, 1.165) is 16.7 Å². The maximum Gasteiger partial charge on any atom is 0.410 e. The fraction of sp³-hybridized carbons (Fsp3) is 0.469. The van der Waals surface area contributed by atoms with Gasteiger partial charge in [0.1, 0.15) is 11.4 Å². The lowest BCUT2D eigenvalue weighted by molar-refractivity contribution is -0.145. The molecule has 0 unspecified atom stereocenters. The number of rotatable bonds is 11. The third kappa shape index (κ3) is 8.78. The molecule has 1 aliphatic rings. The number of fused-ring (bicyclic) bond motifs is 1. The summed E-state index contributed by atoms with van der Waals surface area (Å²) in [5.74, 6) is -0.0833. The first kappa shape index (κ1) is 33.4. The number of ether oxygens (including phenoxy) is 1. The predicted molar refractivity (Wildman–Crippen MR) is 166 cm³/mol. The molecule has 12 nitrogen and oxygen atoms in total. The van der Waals surface area contributed by atoms with Crippen LogP contribution >= 0.6 is 0 Å². The molecule has 0 fully saturated rings. The van der Waals surface area contributed by atoms with E-state index in [0.29, 0.717) is 42.6 Å². The molecule has 2 heterocycles. The molecular weight excluding hydrogens is 581 g/mol. The number of likely N-dealkylation sites (N-methyl/N-ethyl adjacent to an activating group) is 2. The van der Waals surface area contributed by atoms with E-state index in [2.05, 4.69) is 15.5 Å². The van der Waals surface area contributed by atoms with E-state index in [4.69, 9.17) is 9.26 Å². The summed E-state index contributed by atoms with van der Waals surface area (Å²) in [5.41, 5.74) is 3.33. The van der Waals surface area contributed by atoms with Crippen molar-refractivity contribution in [2.24, 2.45) is 0 Å². The summed E-state index contributed by atoms with van der Waals surface area (Å²) in [6.45, 7) is 12.3. The number of aryl methyl sites for hydroxylation is 2. The molecule has 3 amide bonds. The summed E-state index contributed by atoms with van der Waals surface area (Å²) in [7, 11) is 1.67. The average molecular weight is 624 g/mol. The van der Waals surface area contributed by atoms with Crippen LogP contribution in [0.4, 0.5) is 14.9 Å². The molecule has 0 spiro atoms. The number of halogens is 1. The maximum absolute atomic E-state index is 13.8. The van der Waals surface area contributed by atoms with Crippen molar-refractivity contribution in [2.45, 2.75) is 60.2 Å². The molecule has 0 saturated heterocycles. The van der Waals surface area contributed by atoms with Gasteiger partial charge in [-0.25, -0.2) is 14.2 Å². The molecule has 2 aromatic carbocycles. The molecule has 0 radical (unpaired) electrons. The SMILES string of the molecule is CCN(CCNC(=O)CN(CC(=O)N(C)N1Cc2ccc(F)cc2C1)c1cc(-c2noc(C)n2)ccc1C)C(=O)OC(C)(C)C. The lowest BCUT2D eigenvalue weighted by atomic mass is 10.1. The molecule has 3 aromatic rings. The lowest BCUT2D eigenvalue weighted by Crippen LogP contribution is -2.48. The maximum atomic E-state index is 13.8. The third-order valence-electron chi connectivity index (χ3n) is 7.39. The highest BCUT2D eigenvalue weighted by Gasteiger charge is 2.28. The fourth-order valence-corrected chi connectivity index (χ4v) is 4.98. The smallest absolute Gasteiger partial charge is 0.410 e. The van der Waals surface area contributed by atoms with Crippen LogP contribution < -0.4 is 10.2 Å².